The molecule has 0 bridgehead atoms. The first-order valence-corrected chi connectivity index (χ1v) is 5.52. The van der Waals surface area contributed by atoms with Gasteiger partial charge in [0.05, 0.1) is 23.1 Å². The van der Waals surface area contributed by atoms with Crippen LogP contribution in [0.25, 0.3) is 0 Å². The topological polar surface area (TPSA) is 122 Å². The summed E-state index contributed by atoms with van der Waals surface area (Å²) >= 11 is 0. The van der Waals surface area contributed by atoms with E-state index < -0.39 is 34.5 Å². The molecular weight excluding hydrogens is 273 g/mol. The van der Waals surface area contributed by atoms with Gasteiger partial charge < -0.3 is 15.7 Å². The lowest BCUT2D eigenvalue weighted by molar-refractivity contribution is -0.385. The van der Waals surface area contributed by atoms with Crippen LogP contribution in [-0.4, -0.2) is 28.1 Å². The lowest BCUT2D eigenvalue weighted by Gasteiger charge is -2.12. The van der Waals surface area contributed by atoms with Crippen LogP contribution in [0.2, 0.25) is 0 Å². The maximum atomic E-state index is 13.1. The molecular formula is C11H12FN3O5. The molecule has 0 radical (unpaired) electrons. The van der Waals surface area contributed by atoms with Gasteiger partial charge in [-0.3, -0.25) is 14.9 Å². The fourth-order valence-electron chi connectivity index (χ4n) is 1.46. The van der Waals surface area contributed by atoms with Crippen molar-refractivity contribution in [3.05, 3.63) is 34.1 Å². The molecule has 9 heteroatoms. The number of rotatable bonds is 5. The highest BCUT2D eigenvalue weighted by atomic mass is 19.1. The first-order chi connectivity index (χ1) is 9.27. The maximum absolute atomic E-state index is 13.1. The summed E-state index contributed by atoms with van der Waals surface area (Å²) in [5.74, 6) is -1.95. The number of hydrogen-bond acceptors (Lipinski definition) is 4. The van der Waals surface area contributed by atoms with Crippen LogP contribution in [0, 0.1) is 15.9 Å². The molecule has 1 rings (SSSR count). The number of anilines is 1. The van der Waals surface area contributed by atoms with E-state index in [4.69, 9.17) is 5.11 Å². The van der Waals surface area contributed by atoms with E-state index in [1.807, 2.05) is 0 Å². The number of benzene rings is 1. The molecule has 2 amide bonds. The summed E-state index contributed by atoms with van der Waals surface area (Å²) in [4.78, 5) is 31.6. The predicted octanol–water partition coefficient (Wildman–Crippen LogP) is 1.72. The predicted molar refractivity (Wildman–Crippen MR) is 66.9 cm³/mol. The molecule has 0 spiro atoms. The molecule has 1 aromatic carbocycles. The van der Waals surface area contributed by atoms with Crippen LogP contribution in [0.4, 0.5) is 20.6 Å². The number of carbonyl (C=O) groups is 2. The number of urea groups is 1. The van der Waals surface area contributed by atoms with Gasteiger partial charge in [0.1, 0.15) is 5.82 Å². The Morgan fingerprint density at radius 1 is 1.45 bits per heavy atom. The molecule has 0 aliphatic heterocycles. The summed E-state index contributed by atoms with van der Waals surface area (Å²) in [6.45, 7) is 1.47. The molecule has 1 aromatic rings. The smallest absolute Gasteiger partial charge is 0.319 e. The Hall–Kier alpha value is -2.71. The molecule has 20 heavy (non-hydrogen) atoms. The number of nitrogens with one attached hydrogen (secondary N) is 2. The van der Waals surface area contributed by atoms with Crippen LogP contribution < -0.4 is 10.6 Å². The molecule has 8 nitrogen and oxygen atoms in total. The number of carboxylic acid groups (broad SMARTS) is 1. The van der Waals surface area contributed by atoms with E-state index in [1.54, 1.807) is 0 Å². The van der Waals surface area contributed by atoms with Crippen LogP contribution in [0.15, 0.2) is 18.2 Å². The average Bonchev–Trinajstić information content (AvgIpc) is 2.25. The maximum Gasteiger partial charge on any atom is 0.319 e. The average molecular weight is 285 g/mol. The third-order valence-corrected chi connectivity index (χ3v) is 2.21. The van der Waals surface area contributed by atoms with Gasteiger partial charge in [0, 0.05) is 12.1 Å². The van der Waals surface area contributed by atoms with Crippen molar-refractivity contribution in [1.82, 2.24) is 5.32 Å². The molecule has 0 aromatic heterocycles. The van der Waals surface area contributed by atoms with Gasteiger partial charge in [-0.05, 0) is 13.0 Å². The number of carbonyl (C=O) groups excluding carboxylic acids is 1. The molecule has 108 valence electrons. The van der Waals surface area contributed by atoms with Gasteiger partial charge in [0.25, 0.3) is 5.69 Å². The van der Waals surface area contributed by atoms with E-state index in [2.05, 4.69) is 10.6 Å². The normalized spacial score (nSPS) is 11.5. The number of nitrogens with zero attached hydrogens (tertiary/aromatic N) is 1. The molecule has 0 aliphatic carbocycles. The van der Waals surface area contributed by atoms with Crippen LogP contribution in [0.5, 0.6) is 0 Å². The summed E-state index contributed by atoms with van der Waals surface area (Å²) in [6.07, 6.45) is -0.281. The molecule has 1 atom stereocenters. The number of nitro benzene ring substituents is 1. The number of aliphatic carboxylic acids is 1. The first-order valence-electron chi connectivity index (χ1n) is 5.52. The Morgan fingerprint density at radius 2 is 2.10 bits per heavy atom. The van der Waals surface area contributed by atoms with Gasteiger partial charge in [0.15, 0.2) is 0 Å². The highest BCUT2D eigenvalue weighted by Gasteiger charge is 2.14. The van der Waals surface area contributed by atoms with Crippen molar-refractivity contribution >= 4 is 23.4 Å². The molecule has 0 saturated carbocycles. The molecule has 0 aliphatic rings. The molecule has 0 heterocycles. The quantitative estimate of drug-likeness (QED) is 0.561. The largest absolute Gasteiger partial charge is 0.481 e. The summed E-state index contributed by atoms with van der Waals surface area (Å²) in [6, 6.07) is 1.20. The van der Waals surface area contributed by atoms with Crippen molar-refractivity contribution in [2.45, 2.75) is 19.4 Å². The highest BCUT2D eigenvalue weighted by molar-refractivity contribution is 5.90. The number of nitro groups is 1. The number of hydrogen-bond donors (Lipinski definition) is 3. The zero-order valence-electron chi connectivity index (χ0n) is 10.4. The van der Waals surface area contributed by atoms with Gasteiger partial charge >= 0.3 is 12.0 Å². The third-order valence-electron chi connectivity index (χ3n) is 2.21. The Balaban J connectivity index is 2.71. The van der Waals surface area contributed by atoms with Crippen molar-refractivity contribution < 1.29 is 24.0 Å². The van der Waals surface area contributed by atoms with Gasteiger partial charge in [-0.25, -0.2) is 9.18 Å². The minimum absolute atomic E-state index is 0.100. The van der Waals surface area contributed by atoms with Crippen LogP contribution in [-0.2, 0) is 4.79 Å². The van der Waals surface area contributed by atoms with Gasteiger partial charge in [-0.1, -0.05) is 0 Å². The van der Waals surface area contributed by atoms with E-state index in [0.717, 1.165) is 18.2 Å². The van der Waals surface area contributed by atoms with Crippen molar-refractivity contribution in [2.75, 3.05) is 5.32 Å². The second-order valence-electron chi connectivity index (χ2n) is 4.05. The minimum atomic E-state index is -1.08. The highest BCUT2D eigenvalue weighted by Crippen LogP contribution is 2.19. The zero-order chi connectivity index (χ0) is 15.3. The van der Waals surface area contributed by atoms with E-state index in [0.29, 0.717) is 0 Å². The minimum Gasteiger partial charge on any atom is -0.481 e. The summed E-state index contributed by atoms with van der Waals surface area (Å²) in [7, 11) is 0. The van der Waals surface area contributed by atoms with Crippen molar-refractivity contribution in [3.8, 4) is 0 Å². The lowest BCUT2D eigenvalue weighted by Crippen LogP contribution is -2.37. The number of carboxylic acids is 1. The van der Waals surface area contributed by atoms with Crippen molar-refractivity contribution in [1.29, 1.82) is 0 Å². The molecule has 0 fully saturated rings. The number of non-ortho nitro benzene ring substituents is 1. The second kappa shape index (κ2) is 6.45. The fraction of sp³-hybridized carbons (Fsp3) is 0.273. The third kappa shape index (κ3) is 4.88. The van der Waals surface area contributed by atoms with Crippen LogP contribution >= 0.6 is 0 Å². The number of halogens is 1. The Labute approximate surface area is 112 Å². The van der Waals surface area contributed by atoms with Gasteiger partial charge in [-0.2, -0.15) is 0 Å². The Morgan fingerprint density at radius 3 is 2.65 bits per heavy atom. The monoisotopic (exact) mass is 285 g/mol. The Kier molecular flexibility index (Phi) is 4.95. The SMILES string of the molecule is CC(CC(=O)O)NC(=O)Nc1cc(F)cc([N+](=O)[O-])c1. The van der Waals surface area contributed by atoms with E-state index in [1.165, 1.54) is 6.92 Å². The summed E-state index contributed by atoms with van der Waals surface area (Å²) in [5, 5.41) is 23.6. The van der Waals surface area contributed by atoms with Crippen molar-refractivity contribution in [2.24, 2.45) is 0 Å². The van der Waals surface area contributed by atoms with E-state index in [-0.39, 0.29) is 12.1 Å². The van der Waals surface area contributed by atoms with Crippen molar-refractivity contribution in [3.63, 3.8) is 0 Å². The first kappa shape index (κ1) is 15.3. The lowest BCUT2D eigenvalue weighted by atomic mass is 10.2. The zero-order valence-corrected chi connectivity index (χ0v) is 10.4. The summed E-state index contributed by atoms with van der Waals surface area (Å²) in [5.41, 5.74) is -0.601. The Bertz CT molecular complexity index is 549. The van der Waals surface area contributed by atoms with E-state index in [9.17, 15) is 24.1 Å². The number of amides is 2. The standard InChI is InChI=1S/C11H12FN3O5/c1-6(2-10(16)17)13-11(18)14-8-3-7(12)4-9(5-8)15(19)20/h3-6H,2H2,1H3,(H,16,17)(H2,13,14,18). The summed E-state index contributed by atoms with van der Waals surface area (Å²) < 4.78 is 13.1. The second-order valence-corrected chi connectivity index (χ2v) is 4.05. The molecule has 1 unspecified atom stereocenters. The molecule has 0 saturated heterocycles. The van der Waals surface area contributed by atoms with Crippen LogP contribution in [0.3, 0.4) is 0 Å². The van der Waals surface area contributed by atoms with Gasteiger partial charge in [0.2, 0.25) is 0 Å². The fourth-order valence-corrected chi connectivity index (χ4v) is 1.46. The van der Waals surface area contributed by atoms with Gasteiger partial charge in [-0.15, -0.1) is 0 Å². The van der Waals surface area contributed by atoms with E-state index >= 15 is 0 Å². The van der Waals surface area contributed by atoms with Crippen LogP contribution in [0.1, 0.15) is 13.3 Å². The molecule has 3 N–H and O–H groups in total.